The number of carbonyl (C=O) groups is 1. The van der Waals surface area contributed by atoms with E-state index in [4.69, 9.17) is 7.48 Å². The predicted molar refractivity (Wildman–Crippen MR) is 79.5 cm³/mol. The summed E-state index contributed by atoms with van der Waals surface area (Å²) in [7, 11) is 0. The first-order chi connectivity index (χ1) is 10.2. The van der Waals surface area contributed by atoms with Gasteiger partial charge < -0.3 is 9.64 Å². The van der Waals surface area contributed by atoms with Gasteiger partial charge in [-0.2, -0.15) is 0 Å². The molecule has 0 spiro atoms. The summed E-state index contributed by atoms with van der Waals surface area (Å²) < 4.78 is 22.0. The number of benzene rings is 1. The van der Waals surface area contributed by atoms with Gasteiger partial charge in [0.25, 0.3) is 0 Å². The van der Waals surface area contributed by atoms with Crippen LogP contribution in [0.3, 0.4) is 0 Å². The third kappa shape index (κ3) is 4.53. The maximum atomic E-state index is 12.0. The lowest BCUT2D eigenvalue weighted by Crippen LogP contribution is -2.49. The van der Waals surface area contributed by atoms with Crippen molar-refractivity contribution in [2.24, 2.45) is 0 Å². The topological polar surface area (TPSA) is 32.8 Å². The minimum absolute atomic E-state index is 0.326. The molecule has 4 nitrogen and oxygen atoms in total. The minimum atomic E-state index is -1.53. The van der Waals surface area contributed by atoms with E-state index in [2.05, 4.69) is 0 Å². The van der Waals surface area contributed by atoms with Crippen LogP contribution in [0.4, 0.5) is 4.79 Å². The zero-order valence-corrected chi connectivity index (χ0v) is 12.4. The van der Waals surface area contributed by atoms with Crippen LogP contribution in [0.5, 0.6) is 0 Å². The zero-order valence-electron chi connectivity index (χ0n) is 14.4. The molecule has 1 heterocycles. The molecule has 1 aliphatic heterocycles. The average Bonchev–Trinajstić information content (AvgIpc) is 2.46. The molecule has 0 radical (unpaired) electrons. The third-order valence-corrected chi connectivity index (χ3v) is 2.99. The molecule has 0 N–H and O–H groups in total. The smallest absolute Gasteiger partial charge is 0.410 e. The molecule has 0 aromatic heterocycles. The summed E-state index contributed by atoms with van der Waals surface area (Å²) in [5.74, 6) is 0. The van der Waals surface area contributed by atoms with Crippen molar-refractivity contribution in [3.05, 3.63) is 35.9 Å². The highest BCUT2D eigenvalue weighted by atomic mass is 16.6. The number of amides is 1. The minimum Gasteiger partial charge on any atom is -0.444 e. The molecule has 1 aliphatic rings. The van der Waals surface area contributed by atoms with E-state index in [-0.39, 0.29) is 6.09 Å². The molecule has 20 heavy (non-hydrogen) atoms. The summed E-state index contributed by atoms with van der Waals surface area (Å²) in [5.41, 5.74) is 0.132. The maximum absolute atomic E-state index is 12.0. The molecule has 1 saturated heterocycles. The zero-order chi connectivity index (χ0) is 16.4. The van der Waals surface area contributed by atoms with Crippen LogP contribution in [-0.2, 0) is 11.2 Å². The van der Waals surface area contributed by atoms with E-state index < -0.39 is 12.1 Å². The van der Waals surface area contributed by atoms with Gasteiger partial charge in [-0.3, -0.25) is 4.90 Å². The van der Waals surface area contributed by atoms with Crippen molar-refractivity contribution in [3.63, 3.8) is 0 Å². The second kappa shape index (κ2) is 6.27. The lowest BCUT2D eigenvalue weighted by molar-refractivity contribution is 0.0139. The number of rotatable bonds is 2. The molecule has 1 aromatic rings. The fourth-order valence-corrected chi connectivity index (χ4v) is 2.02. The van der Waals surface area contributed by atoms with Crippen molar-refractivity contribution in [2.45, 2.75) is 32.9 Å². The van der Waals surface area contributed by atoms with Gasteiger partial charge in [0.05, 0.1) is 0 Å². The quantitative estimate of drug-likeness (QED) is 0.834. The van der Waals surface area contributed by atoms with Crippen molar-refractivity contribution < 1.29 is 12.3 Å². The second-order valence-electron chi connectivity index (χ2n) is 5.93. The first-order valence-electron chi connectivity index (χ1n) is 7.99. The van der Waals surface area contributed by atoms with Gasteiger partial charge in [-0.05, 0) is 26.3 Å². The van der Waals surface area contributed by atoms with Crippen molar-refractivity contribution >= 4 is 6.09 Å². The molecular formula is C16H24N2O2. The monoisotopic (exact) mass is 278 g/mol. The summed E-state index contributed by atoms with van der Waals surface area (Å²) in [6.45, 7) is 5.92. The van der Waals surface area contributed by atoms with Crippen LogP contribution < -0.4 is 0 Å². The van der Waals surface area contributed by atoms with E-state index in [1.807, 2.05) is 39.0 Å². The van der Waals surface area contributed by atoms with Crippen LogP contribution in [0.2, 0.25) is 0 Å². The summed E-state index contributed by atoms with van der Waals surface area (Å²) >= 11 is 0. The number of hydrogen-bond acceptors (Lipinski definition) is 3. The Morgan fingerprint density at radius 3 is 2.35 bits per heavy atom. The molecule has 0 atom stereocenters. The van der Waals surface area contributed by atoms with Crippen molar-refractivity contribution in [1.82, 2.24) is 9.80 Å². The van der Waals surface area contributed by atoms with E-state index >= 15 is 0 Å². The number of carbonyl (C=O) groups excluding carboxylic acids is 1. The normalized spacial score (nSPS) is 19.2. The first kappa shape index (κ1) is 12.2. The van der Waals surface area contributed by atoms with Crippen LogP contribution in [0, 0.1) is 0 Å². The molecule has 0 saturated carbocycles. The maximum Gasteiger partial charge on any atom is 0.410 e. The Balaban J connectivity index is 1.96. The first-order valence-corrected chi connectivity index (χ1v) is 6.99. The van der Waals surface area contributed by atoms with E-state index in [0.29, 0.717) is 31.7 Å². The Hall–Kier alpha value is -1.55. The summed E-state index contributed by atoms with van der Waals surface area (Å²) in [4.78, 5) is 15.4. The molecule has 0 bridgehead atoms. The Bertz CT molecular complexity index is 507. The van der Waals surface area contributed by atoms with Gasteiger partial charge in [0.1, 0.15) is 5.60 Å². The Morgan fingerprint density at radius 2 is 1.80 bits per heavy atom. The van der Waals surface area contributed by atoms with Crippen LogP contribution in [0.15, 0.2) is 30.3 Å². The fraction of sp³-hybridized carbons (Fsp3) is 0.562. The Labute approximate surface area is 124 Å². The molecule has 1 aromatic carbocycles. The van der Waals surface area contributed by atoms with E-state index in [0.717, 1.165) is 0 Å². The van der Waals surface area contributed by atoms with Gasteiger partial charge in [0, 0.05) is 35.4 Å². The van der Waals surface area contributed by atoms with Gasteiger partial charge in [0.2, 0.25) is 0 Å². The Morgan fingerprint density at radius 1 is 1.20 bits per heavy atom. The second-order valence-corrected chi connectivity index (χ2v) is 5.93. The van der Waals surface area contributed by atoms with Crippen molar-refractivity contribution in [3.8, 4) is 0 Å². The summed E-state index contributed by atoms with van der Waals surface area (Å²) in [6.07, 6.45) is -0.326. The van der Waals surface area contributed by atoms with E-state index in [1.165, 1.54) is 0 Å². The van der Waals surface area contributed by atoms with Crippen LogP contribution in [0.25, 0.3) is 0 Å². The molecule has 0 aliphatic carbocycles. The summed E-state index contributed by atoms with van der Waals surface area (Å²) in [6, 6.07) is 9.13. The van der Waals surface area contributed by atoms with Gasteiger partial charge in [-0.1, -0.05) is 30.3 Å². The van der Waals surface area contributed by atoms with Gasteiger partial charge in [-0.25, -0.2) is 4.79 Å². The van der Waals surface area contributed by atoms with E-state index in [1.54, 1.807) is 21.9 Å². The fourth-order valence-electron chi connectivity index (χ4n) is 2.02. The van der Waals surface area contributed by atoms with Crippen LogP contribution in [0.1, 0.15) is 29.1 Å². The summed E-state index contributed by atoms with van der Waals surface area (Å²) in [5, 5.41) is 0. The molecule has 1 amide bonds. The number of piperazine rings is 1. The standard InChI is InChI=1S/C16H24N2O2/c1-16(2,3)20-15(19)18-11-9-17(10-12-18)13-14-7-5-4-6-8-14/h4-8H,9-13H2,1-3H3/i13D2. The molecular weight excluding hydrogens is 252 g/mol. The van der Waals surface area contributed by atoms with E-state index in [9.17, 15) is 4.79 Å². The van der Waals surface area contributed by atoms with Gasteiger partial charge in [-0.15, -0.1) is 0 Å². The lowest BCUT2D eigenvalue weighted by Gasteiger charge is -2.35. The molecule has 4 heteroatoms. The van der Waals surface area contributed by atoms with Gasteiger partial charge >= 0.3 is 6.09 Å². The largest absolute Gasteiger partial charge is 0.444 e. The Kier molecular flexibility index (Phi) is 3.83. The number of hydrogen-bond donors (Lipinski definition) is 0. The van der Waals surface area contributed by atoms with Crippen molar-refractivity contribution in [1.29, 1.82) is 0 Å². The van der Waals surface area contributed by atoms with Gasteiger partial charge in [0.15, 0.2) is 0 Å². The van der Waals surface area contributed by atoms with Crippen LogP contribution >= 0.6 is 0 Å². The SMILES string of the molecule is [2H]C([2H])(c1ccccc1)N1CCN(C(=O)OC(C)(C)C)CC1. The van der Waals surface area contributed by atoms with Crippen LogP contribution in [-0.4, -0.2) is 47.7 Å². The highest BCUT2D eigenvalue weighted by Crippen LogP contribution is 2.13. The third-order valence-electron chi connectivity index (χ3n) is 2.99. The highest BCUT2D eigenvalue weighted by molar-refractivity contribution is 5.68. The average molecular weight is 278 g/mol. The lowest BCUT2D eigenvalue weighted by atomic mass is 10.2. The molecule has 110 valence electrons. The highest BCUT2D eigenvalue weighted by Gasteiger charge is 2.25. The van der Waals surface area contributed by atoms with Crippen molar-refractivity contribution in [2.75, 3.05) is 26.2 Å². The number of nitrogens with zero attached hydrogens (tertiary/aromatic N) is 2. The predicted octanol–water partition coefficient (Wildman–Crippen LogP) is 2.74. The molecule has 0 unspecified atom stereocenters. The molecule has 2 rings (SSSR count). The number of ether oxygens (including phenoxy) is 1. The molecule has 1 fully saturated rings.